The molecule has 0 fully saturated rings. The van der Waals surface area contributed by atoms with Crippen LogP contribution in [0.25, 0.3) is 21.9 Å². The Morgan fingerprint density at radius 3 is 2.38 bits per heavy atom. The van der Waals surface area contributed by atoms with Crippen molar-refractivity contribution < 1.29 is 9.53 Å². The van der Waals surface area contributed by atoms with Gasteiger partial charge >= 0.3 is 0 Å². The molecule has 0 atom stereocenters. The molecule has 0 aliphatic carbocycles. The lowest BCUT2D eigenvalue weighted by molar-refractivity contribution is 0.101. The van der Waals surface area contributed by atoms with Crippen molar-refractivity contribution in [3.63, 3.8) is 0 Å². The number of ketones is 1. The highest BCUT2D eigenvalue weighted by atomic mass is 16.5. The molecule has 0 bridgehead atoms. The Labute approximate surface area is 124 Å². The Morgan fingerprint density at radius 1 is 0.905 bits per heavy atom. The molecule has 3 rings (SSSR count). The van der Waals surface area contributed by atoms with Crippen LogP contribution in [0.5, 0.6) is 5.75 Å². The molecule has 0 unspecified atom stereocenters. The lowest BCUT2D eigenvalue weighted by atomic mass is 9.96. The summed E-state index contributed by atoms with van der Waals surface area (Å²) in [6, 6.07) is 19.9. The summed E-state index contributed by atoms with van der Waals surface area (Å²) in [5.41, 5.74) is 2.88. The monoisotopic (exact) mass is 276 g/mol. The molecule has 104 valence electrons. The van der Waals surface area contributed by atoms with Crippen LogP contribution in [0.3, 0.4) is 0 Å². The summed E-state index contributed by atoms with van der Waals surface area (Å²) in [7, 11) is 1.68. The van der Waals surface area contributed by atoms with Crippen molar-refractivity contribution in [1.82, 2.24) is 0 Å². The first-order valence-electron chi connectivity index (χ1n) is 6.88. The van der Waals surface area contributed by atoms with Gasteiger partial charge in [0, 0.05) is 10.9 Å². The largest absolute Gasteiger partial charge is 0.496 e. The summed E-state index contributed by atoms with van der Waals surface area (Å²) >= 11 is 0. The van der Waals surface area contributed by atoms with Gasteiger partial charge in [0.25, 0.3) is 0 Å². The van der Waals surface area contributed by atoms with Gasteiger partial charge in [0.1, 0.15) is 5.75 Å². The SMILES string of the molecule is COc1ccc(-c2cccc(C(C)=O)c2)c2ccccc12. The predicted octanol–water partition coefficient (Wildman–Crippen LogP) is 4.72. The minimum Gasteiger partial charge on any atom is -0.496 e. The molecule has 0 amide bonds. The molecule has 0 aliphatic heterocycles. The Morgan fingerprint density at radius 2 is 1.67 bits per heavy atom. The highest BCUT2D eigenvalue weighted by Gasteiger charge is 2.09. The van der Waals surface area contributed by atoms with Gasteiger partial charge in [-0.1, -0.05) is 48.5 Å². The minimum absolute atomic E-state index is 0.0784. The van der Waals surface area contributed by atoms with E-state index in [4.69, 9.17) is 4.74 Å². The summed E-state index contributed by atoms with van der Waals surface area (Å²) in [5.74, 6) is 0.937. The van der Waals surface area contributed by atoms with Crippen molar-refractivity contribution in [3.8, 4) is 16.9 Å². The van der Waals surface area contributed by atoms with Crippen LogP contribution < -0.4 is 4.74 Å². The van der Waals surface area contributed by atoms with Crippen molar-refractivity contribution in [2.24, 2.45) is 0 Å². The van der Waals surface area contributed by atoms with Crippen molar-refractivity contribution in [3.05, 3.63) is 66.2 Å². The molecule has 0 saturated heterocycles. The molecule has 2 nitrogen and oxygen atoms in total. The molecule has 0 aliphatic rings. The van der Waals surface area contributed by atoms with Crippen molar-refractivity contribution >= 4 is 16.6 Å². The van der Waals surface area contributed by atoms with Crippen LogP contribution in [0, 0.1) is 0 Å². The van der Waals surface area contributed by atoms with Gasteiger partial charge in [0.2, 0.25) is 0 Å². The van der Waals surface area contributed by atoms with E-state index in [1.165, 1.54) is 0 Å². The number of rotatable bonds is 3. The average Bonchev–Trinajstić information content (AvgIpc) is 2.54. The minimum atomic E-state index is 0.0784. The smallest absolute Gasteiger partial charge is 0.159 e. The number of hydrogen-bond donors (Lipinski definition) is 0. The molecule has 3 aromatic carbocycles. The normalized spacial score (nSPS) is 10.6. The molecule has 0 spiro atoms. The topological polar surface area (TPSA) is 26.3 Å². The maximum atomic E-state index is 11.6. The van der Waals surface area contributed by atoms with Crippen molar-refractivity contribution in [2.75, 3.05) is 7.11 Å². The number of methoxy groups -OCH3 is 1. The van der Waals surface area contributed by atoms with E-state index in [9.17, 15) is 4.79 Å². The second-order valence-corrected chi connectivity index (χ2v) is 5.00. The highest BCUT2D eigenvalue weighted by molar-refractivity contribution is 6.01. The number of Topliss-reactive ketones (excluding diaryl/α,β-unsaturated/α-hetero) is 1. The zero-order valence-electron chi connectivity index (χ0n) is 12.1. The van der Waals surface area contributed by atoms with Crippen LogP contribution in [-0.4, -0.2) is 12.9 Å². The molecule has 21 heavy (non-hydrogen) atoms. The number of carbonyl (C=O) groups is 1. The third-order valence-electron chi connectivity index (χ3n) is 3.68. The van der Waals surface area contributed by atoms with Gasteiger partial charge in [-0.05, 0) is 35.6 Å². The number of hydrogen-bond acceptors (Lipinski definition) is 2. The molecular formula is C19H16O2. The molecule has 0 radical (unpaired) electrons. The standard InChI is InChI=1S/C19H16O2/c1-13(20)14-6-5-7-15(12-14)16-10-11-19(21-2)18-9-4-3-8-17(16)18/h3-12H,1-2H3. The van der Waals surface area contributed by atoms with Gasteiger partial charge in [-0.3, -0.25) is 4.79 Å². The first-order chi connectivity index (χ1) is 10.2. The van der Waals surface area contributed by atoms with Crippen LogP contribution in [0.4, 0.5) is 0 Å². The van der Waals surface area contributed by atoms with E-state index >= 15 is 0 Å². The van der Waals surface area contributed by atoms with E-state index < -0.39 is 0 Å². The third kappa shape index (κ3) is 2.40. The fraction of sp³-hybridized carbons (Fsp3) is 0.105. The number of benzene rings is 3. The highest BCUT2D eigenvalue weighted by Crippen LogP contribution is 2.34. The summed E-state index contributed by atoms with van der Waals surface area (Å²) in [4.78, 5) is 11.6. The van der Waals surface area contributed by atoms with E-state index in [0.29, 0.717) is 0 Å². The Kier molecular flexibility index (Phi) is 3.44. The predicted molar refractivity (Wildman–Crippen MR) is 85.9 cm³/mol. The zero-order valence-corrected chi connectivity index (χ0v) is 12.1. The van der Waals surface area contributed by atoms with Gasteiger partial charge in [-0.2, -0.15) is 0 Å². The van der Waals surface area contributed by atoms with Crippen LogP contribution in [0.2, 0.25) is 0 Å². The summed E-state index contributed by atoms with van der Waals surface area (Å²) in [6.45, 7) is 1.59. The van der Waals surface area contributed by atoms with Gasteiger partial charge in [0.15, 0.2) is 5.78 Å². The Bertz CT molecular complexity index is 819. The maximum Gasteiger partial charge on any atom is 0.159 e. The first kappa shape index (κ1) is 13.4. The summed E-state index contributed by atoms with van der Waals surface area (Å²) in [6.07, 6.45) is 0. The van der Waals surface area contributed by atoms with Crippen LogP contribution in [0.1, 0.15) is 17.3 Å². The van der Waals surface area contributed by atoms with E-state index in [-0.39, 0.29) is 5.78 Å². The van der Waals surface area contributed by atoms with Gasteiger partial charge in [-0.15, -0.1) is 0 Å². The first-order valence-corrected chi connectivity index (χ1v) is 6.88. The van der Waals surface area contributed by atoms with Crippen LogP contribution in [-0.2, 0) is 0 Å². The summed E-state index contributed by atoms with van der Waals surface area (Å²) in [5, 5.41) is 2.20. The van der Waals surface area contributed by atoms with Crippen LogP contribution in [0.15, 0.2) is 60.7 Å². The Hall–Kier alpha value is -2.61. The van der Waals surface area contributed by atoms with Crippen LogP contribution >= 0.6 is 0 Å². The third-order valence-corrected chi connectivity index (χ3v) is 3.68. The van der Waals surface area contributed by atoms with Gasteiger partial charge in [0.05, 0.1) is 7.11 Å². The van der Waals surface area contributed by atoms with E-state index in [1.807, 2.05) is 54.6 Å². The van der Waals surface area contributed by atoms with E-state index in [0.717, 1.165) is 33.2 Å². The molecule has 3 aromatic rings. The molecule has 2 heteroatoms. The lowest BCUT2D eigenvalue weighted by Crippen LogP contribution is -1.92. The second-order valence-electron chi connectivity index (χ2n) is 5.00. The average molecular weight is 276 g/mol. The molecule has 0 N–H and O–H groups in total. The fourth-order valence-electron chi connectivity index (χ4n) is 2.61. The quantitative estimate of drug-likeness (QED) is 0.647. The maximum absolute atomic E-state index is 11.6. The molecular weight excluding hydrogens is 260 g/mol. The van der Waals surface area contributed by atoms with Gasteiger partial charge < -0.3 is 4.74 Å². The molecule has 0 saturated carbocycles. The van der Waals surface area contributed by atoms with Gasteiger partial charge in [-0.25, -0.2) is 0 Å². The van der Waals surface area contributed by atoms with E-state index in [1.54, 1.807) is 14.0 Å². The zero-order chi connectivity index (χ0) is 14.8. The summed E-state index contributed by atoms with van der Waals surface area (Å²) < 4.78 is 5.43. The van der Waals surface area contributed by atoms with E-state index in [2.05, 4.69) is 6.07 Å². The Balaban J connectivity index is 2.26. The number of fused-ring (bicyclic) bond motifs is 1. The lowest BCUT2D eigenvalue weighted by Gasteiger charge is -2.11. The fourth-order valence-corrected chi connectivity index (χ4v) is 2.61. The molecule has 0 heterocycles. The second kappa shape index (κ2) is 5.41. The number of carbonyl (C=O) groups excluding carboxylic acids is 1. The number of ether oxygens (including phenoxy) is 1. The van der Waals surface area contributed by atoms with Crippen molar-refractivity contribution in [2.45, 2.75) is 6.92 Å². The van der Waals surface area contributed by atoms with Crippen molar-refractivity contribution in [1.29, 1.82) is 0 Å². The molecule has 0 aromatic heterocycles.